The molecule has 0 aliphatic heterocycles. The summed E-state index contributed by atoms with van der Waals surface area (Å²) in [5.41, 5.74) is 3.82. The minimum Gasteiger partial charge on any atom is -0.352 e. The van der Waals surface area contributed by atoms with Gasteiger partial charge in [-0.05, 0) is 30.0 Å². The van der Waals surface area contributed by atoms with Crippen molar-refractivity contribution in [2.75, 3.05) is 19.0 Å². The van der Waals surface area contributed by atoms with Crippen LogP contribution in [0.1, 0.15) is 34.0 Å². The molecule has 23 heavy (non-hydrogen) atoms. The summed E-state index contributed by atoms with van der Waals surface area (Å²) in [5.74, 6) is 0.638. The second kappa shape index (κ2) is 5.19. The summed E-state index contributed by atoms with van der Waals surface area (Å²) in [7, 11) is 3.80. The first-order chi connectivity index (χ1) is 11.1. The van der Waals surface area contributed by atoms with Gasteiger partial charge in [-0.1, -0.05) is 18.2 Å². The highest BCUT2D eigenvalue weighted by molar-refractivity contribution is 6.06. The van der Waals surface area contributed by atoms with Crippen molar-refractivity contribution in [1.82, 2.24) is 15.0 Å². The summed E-state index contributed by atoms with van der Waals surface area (Å²) in [6.45, 7) is 0. The number of ketones is 1. The van der Waals surface area contributed by atoms with Gasteiger partial charge in [0.25, 0.3) is 0 Å². The average Bonchev–Trinajstić information content (AvgIpc) is 2.95. The van der Waals surface area contributed by atoms with E-state index in [0.29, 0.717) is 5.95 Å². The number of aromatic nitrogens is 3. The molecular formula is C18H18N4O. The van der Waals surface area contributed by atoms with E-state index in [-0.39, 0.29) is 11.7 Å². The third-order valence-electron chi connectivity index (χ3n) is 4.52. The third kappa shape index (κ3) is 2.20. The van der Waals surface area contributed by atoms with Crippen LogP contribution >= 0.6 is 0 Å². The Labute approximate surface area is 134 Å². The fourth-order valence-electron chi connectivity index (χ4n) is 3.32. The Kier molecular flexibility index (Phi) is 3.15. The number of rotatable bonds is 2. The number of Topliss-reactive ketones (excluding diaryl/α,β-unsaturated/α-hetero) is 1. The van der Waals surface area contributed by atoms with E-state index in [1.165, 1.54) is 0 Å². The normalized spacial score (nSPS) is 17.3. The maximum absolute atomic E-state index is 12.9. The fourth-order valence-corrected chi connectivity index (χ4v) is 3.32. The molecule has 0 saturated heterocycles. The van der Waals surface area contributed by atoms with Gasteiger partial charge in [0.1, 0.15) is 0 Å². The lowest BCUT2D eigenvalue weighted by Crippen LogP contribution is -2.21. The van der Waals surface area contributed by atoms with Crippen molar-refractivity contribution in [2.45, 2.75) is 18.8 Å². The highest BCUT2D eigenvalue weighted by atomic mass is 16.1. The number of hydrogen-bond acceptors (Lipinski definition) is 4. The molecule has 0 bridgehead atoms. The molecule has 5 heteroatoms. The molecule has 116 valence electrons. The number of aryl methyl sites for hydroxylation is 1. The monoisotopic (exact) mass is 306 g/mol. The summed E-state index contributed by atoms with van der Waals surface area (Å²) in [6, 6.07) is 8.10. The van der Waals surface area contributed by atoms with Crippen LogP contribution < -0.4 is 4.90 Å². The molecule has 1 atom stereocenters. The van der Waals surface area contributed by atoms with Crippen LogP contribution in [0.2, 0.25) is 0 Å². The van der Waals surface area contributed by atoms with Gasteiger partial charge in [-0.3, -0.25) is 4.79 Å². The van der Waals surface area contributed by atoms with Crippen molar-refractivity contribution < 1.29 is 4.79 Å². The Bertz CT molecular complexity index is 880. The molecule has 5 nitrogen and oxygen atoms in total. The van der Waals surface area contributed by atoms with Gasteiger partial charge in [0.05, 0.1) is 11.6 Å². The fraction of sp³-hybridized carbons (Fsp3) is 0.278. The molecule has 1 aromatic carbocycles. The second-order valence-corrected chi connectivity index (χ2v) is 6.19. The lowest BCUT2D eigenvalue weighted by molar-refractivity contribution is 0.0941. The molecule has 1 aliphatic carbocycles. The summed E-state index contributed by atoms with van der Waals surface area (Å²) in [4.78, 5) is 26.7. The van der Waals surface area contributed by atoms with Gasteiger partial charge >= 0.3 is 0 Å². The summed E-state index contributed by atoms with van der Waals surface area (Å²) in [6.07, 6.45) is 5.25. The number of nitrogens with zero attached hydrogens (tertiary/aromatic N) is 3. The van der Waals surface area contributed by atoms with Crippen LogP contribution in [-0.4, -0.2) is 34.8 Å². The first-order valence-corrected chi connectivity index (χ1v) is 7.78. The first-order valence-electron chi connectivity index (χ1n) is 7.78. The highest BCUT2D eigenvalue weighted by Gasteiger charge is 2.31. The van der Waals surface area contributed by atoms with Crippen molar-refractivity contribution in [1.29, 1.82) is 0 Å². The molecule has 0 fully saturated rings. The van der Waals surface area contributed by atoms with E-state index in [2.05, 4.69) is 21.0 Å². The smallest absolute Gasteiger partial charge is 0.224 e. The number of carbonyl (C=O) groups is 1. The van der Waals surface area contributed by atoms with Crippen LogP contribution in [0, 0.1) is 0 Å². The van der Waals surface area contributed by atoms with E-state index in [1.54, 1.807) is 12.4 Å². The number of aromatic amines is 1. The Morgan fingerprint density at radius 2 is 1.91 bits per heavy atom. The molecule has 3 aromatic rings. The molecule has 0 radical (unpaired) electrons. The van der Waals surface area contributed by atoms with Gasteiger partial charge < -0.3 is 9.88 Å². The van der Waals surface area contributed by atoms with Gasteiger partial charge in [0.15, 0.2) is 5.78 Å². The third-order valence-corrected chi connectivity index (χ3v) is 4.52. The minimum absolute atomic E-state index is 0.142. The molecule has 0 saturated carbocycles. The van der Waals surface area contributed by atoms with Crippen molar-refractivity contribution in [3.8, 4) is 0 Å². The maximum atomic E-state index is 12.9. The van der Waals surface area contributed by atoms with Crippen molar-refractivity contribution in [3.63, 3.8) is 0 Å². The number of para-hydroxylation sites is 1. The Morgan fingerprint density at radius 3 is 2.65 bits per heavy atom. The van der Waals surface area contributed by atoms with E-state index in [0.717, 1.165) is 40.6 Å². The first kappa shape index (κ1) is 13.9. The zero-order valence-electron chi connectivity index (χ0n) is 13.2. The molecule has 2 aromatic heterocycles. The van der Waals surface area contributed by atoms with Crippen molar-refractivity contribution in [2.24, 2.45) is 0 Å². The van der Waals surface area contributed by atoms with Crippen LogP contribution in [0.5, 0.6) is 0 Å². The largest absolute Gasteiger partial charge is 0.352 e. The predicted molar refractivity (Wildman–Crippen MR) is 90.1 cm³/mol. The van der Waals surface area contributed by atoms with Gasteiger partial charge in [-0.25, -0.2) is 9.97 Å². The molecular weight excluding hydrogens is 288 g/mol. The quantitative estimate of drug-likeness (QED) is 0.790. The Balaban J connectivity index is 1.72. The lowest BCUT2D eigenvalue weighted by atomic mass is 9.82. The molecule has 0 spiro atoms. The summed E-state index contributed by atoms with van der Waals surface area (Å²) in [5, 5.41) is 1.16. The Hall–Kier alpha value is -2.69. The zero-order chi connectivity index (χ0) is 16.0. The minimum atomic E-state index is -0.160. The van der Waals surface area contributed by atoms with Gasteiger partial charge in [-0.2, -0.15) is 0 Å². The number of H-pyrrole nitrogens is 1. The van der Waals surface area contributed by atoms with Crippen LogP contribution in [0.3, 0.4) is 0 Å². The van der Waals surface area contributed by atoms with Crippen molar-refractivity contribution in [3.05, 3.63) is 53.5 Å². The molecule has 1 aliphatic rings. The van der Waals surface area contributed by atoms with E-state index in [9.17, 15) is 4.79 Å². The molecule has 4 rings (SSSR count). The van der Waals surface area contributed by atoms with Crippen LogP contribution in [-0.2, 0) is 6.42 Å². The van der Waals surface area contributed by atoms with Gasteiger partial charge in [0, 0.05) is 37.4 Å². The van der Waals surface area contributed by atoms with Gasteiger partial charge in [-0.15, -0.1) is 0 Å². The molecule has 2 heterocycles. The summed E-state index contributed by atoms with van der Waals surface area (Å²) < 4.78 is 0. The number of anilines is 1. The van der Waals surface area contributed by atoms with E-state index < -0.39 is 0 Å². The number of carbonyl (C=O) groups excluding carboxylic acids is 1. The van der Waals surface area contributed by atoms with Gasteiger partial charge in [0.2, 0.25) is 5.95 Å². The number of fused-ring (bicyclic) bond motifs is 3. The molecule has 1 unspecified atom stereocenters. The highest BCUT2D eigenvalue weighted by Crippen LogP contribution is 2.35. The van der Waals surface area contributed by atoms with E-state index in [1.807, 2.05) is 37.2 Å². The maximum Gasteiger partial charge on any atom is 0.224 e. The average molecular weight is 306 g/mol. The van der Waals surface area contributed by atoms with Crippen molar-refractivity contribution >= 4 is 22.6 Å². The number of hydrogen-bond donors (Lipinski definition) is 1. The molecule has 1 N–H and O–H groups in total. The SMILES string of the molecule is CN(C)c1ncc(C2CCc3c([nH]c4ccccc34)C2=O)cn1. The second-order valence-electron chi connectivity index (χ2n) is 6.19. The standard InChI is InChI=1S/C18H18N4O/c1-22(2)18-19-9-11(10-20-18)12-7-8-14-13-5-3-4-6-15(13)21-16(14)17(12)23/h3-6,9-10,12,21H,7-8H2,1-2H3. The molecule has 0 amide bonds. The van der Waals surface area contributed by atoms with E-state index >= 15 is 0 Å². The van der Waals surface area contributed by atoms with Crippen LogP contribution in [0.25, 0.3) is 10.9 Å². The number of benzene rings is 1. The topological polar surface area (TPSA) is 61.9 Å². The van der Waals surface area contributed by atoms with Crippen LogP contribution in [0.4, 0.5) is 5.95 Å². The Morgan fingerprint density at radius 1 is 1.17 bits per heavy atom. The van der Waals surface area contributed by atoms with E-state index in [4.69, 9.17) is 0 Å². The lowest BCUT2D eigenvalue weighted by Gasteiger charge is -2.21. The van der Waals surface area contributed by atoms with Crippen LogP contribution in [0.15, 0.2) is 36.7 Å². The zero-order valence-corrected chi connectivity index (χ0v) is 13.2. The summed E-state index contributed by atoms with van der Waals surface area (Å²) >= 11 is 0. The number of nitrogens with one attached hydrogen (secondary N) is 1. The predicted octanol–water partition coefficient (Wildman–Crippen LogP) is 2.94.